The molecule has 12 aromatic rings. The van der Waals surface area contributed by atoms with Crippen molar-refractivity contribution in [2.24, 2.45) is 0 Å². The molecule has 0 N–H and O–H groups in total. The molecule has 106 heavy (non-hydrogen) atoms. The summed E-state index contributed by atoms with van der Waals surface area (Å²) in [5, 5.41) is 2.49. The van der Waals surface area contributed by atoms with E-state index in [1.165, 1.54) is 150 Å². The first-order valence-corrected chi connectivity index (χ1v) is 39.2. The van der Waals surface area contributed by atoms with Gasteiger partial charge < -0.3 is 14.4 Å². The Morgan fingerprint density at radius 2 is 0.585 bits per heavy atom. The van der Waals surface area contributed by atoms with Crippen LogP contribution in [0, 0.1) is 0 Å². The minimum absolute atomic E-state index is 0.121. The van der Waals surface area contributed by atoms with Gasteiger partial charge in [0, 0.05) is 50.3 Å². The summed E-state index contributed by atoms with van der Waals surface area (Å²) in [5.74, 6) is 0. The van der Waals surface area contributed by atoms with E-state index >= 15 is 0 Å². The second kappa shape index (κ2) is 25.3. The predicted molar refractivity (Wildman–Crippen MR) is 465 cm³/mol. The van der Waals surface area contributed by atoms with Crippen molar-refractivity contribution in [1.29, 1.82) is 0 Å². The molecule has 4 heteroatoms. The Kier molecular flexibility index (Phi) is 17.6. The second-order valence-electron chi connectivity index (χ2n) is 40.6. The summed E-state index contributed by atoms with van der Waals surface area (Å²) in [6.45, 7) is 64.1. The minimum Gasteiger partial charge on any atom is -0.311 e. The molecule has 0 radical (unpaired) electrons. The lowest BCUT2D eigenvalue weighted by Crippen LogP contribution is -2.61. The van der Waals surface area contributed by atoms with E-state index in [2.05, 4.69) is 414 Å². The monoisotopic (exact) mass is 1390 g/mol. The number of para-hydroxylation sites is 2. The number of anilines is 6. The molecule has 0 saturated heterocycles. The van der Waals surface area contributed by atoms with Crippen LogP contribution >= 0.6 is 0 Å². The summed E-state index contributed by atoms with van der Waals surface area (Å²) in [4.78, 5) is 5.52. The molecule has 2 aliphatic heterocycles. The van der Waals surface area contributed by atoms with Crippen molar-refractivity contribution in [3.63, 3.8) is 0 Å². The molecule has 0 saturated carbocycles. The molecule has 1 aromatic heterocycles. The van der Waals surface area contributed by atoms with E-state index in [0.29, 0.717) is 0 Å². The molecule has 3 heterocycles. The third-order valence-corrected chi connectivity index (χ3v) is 23.1. The lowest BCUT2D eigenvalue weighted by Gasteiger charge is -2.46. The van der Waals surface area contributed by atoms with Crippen molar-refractivity contribution >= 4 is 79.0 Å². The highest BCUT2D eigenvalue weighted by Gasteiger charge is 2.46. The van der Waals surface area contributed by atoms with E-state index in [-0.39, 0.29) is 55.4 Å². The van der Waals surface area contributed by atoms with Crippen LogP contribution in [-0.2, 0) is 48.7 Å². The van der Waals surface area contributed by atoms with Crippen LogP contribution in [0.3, 0.4) is 0 Å². The van der Waals surface area contributed by atoms with Gasteiger partial charge in [-0.25, -0.2) is 0 Å². The molecule has 542 valence electrons. The summed E-state index contributed by atoms with van der Waals surface area (Å²) < 4.78 is 2.53. The first-order valence-electron chi connectivity index (χ1n) is 39.2. The van der Waals surface area contributed by atoms with Crippen LogP contribution in [0.25, 0.3) is 72.0 Å². The fourth-order valence-electron chi connectivity index (χ4n) is 16.3. The molecule has 0 atom stereocenters. The predicted octanol–water partition coefficient (Wildman–Crippen LogP) is 27.2. The molecule has 0 aliphatic carbocycles. The summed E-state index contributed by atoms with van der Waals surface area (Å²) in [5.41, 5.74) is 34.6. The Morgan fingerprint density at radius 3 is 0.972 bits per heavy atom. The van der Waals surface area contributed by atoms with E-state index in [0.717, 1.165) is 22.7 Å². The van der Waals surface area contributed by atoms with Gasteiger partial charge in [0.25, 0.3) is 6.71 Å². The van der Waals surface area contributed by atoms with Crippen molar-refractivity contribution in [2.45, 2.75) is 236 Å². The van der Waals surface area contributed by atoms with Gasteiger partial charge in [-0.05, 0) is 215 Å². The van der Waals surface area contributed by atoms with Crippen LogP contribution in [0.2, 0.25) is 0 Å². The molecular weight excluding hydrogens is 1280 g/mol. The van der Waals surface area contributed by atoms with E-state index in [1.807, 2.05) is 0 Å². The second-order valence-corrected chi connectivity index (χ2v) is 40.6. The Balaban J connectivity index is 1.23. The normalized spacial score (nSPS) is 13.9. The van der Waals surface area contributed by atoms with Crippen molar-refractivity contribution in [2.75, 3.05) is 9.80 Å². The molecule has 0 fully saturated rings. The summed E-state index contributed by atoms with van der Waals surface area (Å²) in [6, 6.07) is 85.0. The van der Waals surface area contributed by atoms with Gasteiger partial charge in [-0.3, -0.25) is 0 Å². The average molecular weight is 1390 g/mol. The van der Waals surface area contributed by atoms with Crippen LogP contribution in [0.4, 0.5) is 34.1 Å². The topological polar surface area (TPSA) is 11.4 Å². The van der Waals surface area contributed by atoms with Gasteiger partial charge in [0.15, 0.2) is 0 Å². The highest BCUT2D eigenvalue weighted by atomic mass is 15.2. The standard InChI is InChI=1S/C102H116BN3/c1-94(2,3)68-41-45-87(80(58-68)66-49-72(98(13,14)15)56-73(50-66)99(16,17)18)105-89-60-76(104-85-39-33-31-37-77(85)78-38-32-34-40-86(78)104)43-44-83(89)103-84-61-79(63-35-29-28-30-36-63)82(102(25,26)27)62-90(84)106(92-54-65(53-91(105)93(92)103)64-47-70(96(7,8)9)55-71(48-64)97(10,11)12)88-46-42-69(95(4,5)6)59-81(88)67-51-74(100(19,20)21)57-75(52-67)101(22,23)24/h28-62H,1-27H3. The van der Waals surface area contributed by atoms with Crippen LogP contribution in [0.1, 0.15) is 237 Å². The van der Waals surface area contributed by atoms with Gasteiger partial charge in [-0.1, -0.05) is 333 Å². The number of aromatic nitrogens is 1. The average Bonchev–Trinajstić information content (AvgIpc) is 0.701. The van der Waals surface area contributed by atoms with Crippen LogP contribution in [0.5, 0.6) is 0 Å². The number of nitrogens with zero attached hydrogens (tertiary/aromatic N) is 3. The van der Waals surface area contributed by atoms with E-state index in [4.69, 9.17) is 0 Å². The largest absolute Gasteiger partial charge is 0.311 e. The highest BCUT2D eigenvalue weighted by Crippen LogP contribution is 2.54. The number of fused-ring (bicyclic) bond motifs is 7. The van der Waals surface area contributed by atoms with Crippen molar-refractivity contribution in [3.05, 3.63) is 262 Å². The molecule has 0 spiro atoms. The lowest BCUT2D eigenvalue weighted by atomic mass is 9.33. The van der Waals surface area contributed by atoms with E-state index in [9.17, 15) is 0 Å². The maximum atomic E-state index is 2.76. The summed E-state index contributed by atoms with van der Waals surface area (Å²) in [7, 11) is 0. The maximum Gasteiger partial charge on any atom is 0.252 e. The quantitative estimate of drug-likeness (QED) is 0.147. The number of hydrogen-bond donors (Lipinski definition) is 0. The molecule has 0 amide bonds. The molecule has 11 aromatic carbocycles. The van der Waals surface area contributed by atoms with Crippen molar-refractivity contribution in [1.82, 2.24) is 4.57 Å². The Hall–Kier alpha value is -9.12. The molecular formula is C102H116BN3. The Morgan fingerprint density at radius 1 is 0.226 bits per heavy atom. The van der Waals surface area contributed by atoms with Crippen LogP contribution in [0.15, 0.2) is 212 Å². The maximum absolute atomic E-state index is 2.76. The highest BCUT2D eigenvalue weighted by molar-refractivity contribution is 7.00. The number of benzene rings is 11. The molecule has 0 unspecified atom stereocenters. The fraction of sp³-hybridized carbons (Fsp3) is 0.353. The van der Waals surface area contributed by atoms with Crippen LogP contribution < -0.4 is 26.2 Å². The zero-order valence-electron chi connectivity index (χ0n) is 69.1. The van der Waals surface area contributed by atoms with Crippen LogP contribution in [-0.4, -0.2) is 11.3 Å². The number of hydrogen-bond acceptors (Lipinski definition) is 2. The smallest absolute Gasteiger partial charge is 0.252 e. The molecule has 14 rings (SSSR count). The molecule has 2 aliphatic rings. The first-order chi connectivity index (χ1) is 49.2. The van der Waals surface area contributed by atoms with E-state index in [1.54, 1.807) is 0 Å². The third-order valence-electron chi connectivity index (χ3n) is 23.1. The lowest BCUT2D eigenvalue weighted by molar-refractivity contribution is 0.568. The summed E-state index contributed by atoms with van der Waals surface area (Å²) in [6.07, 6.45) is 0. The van der Waals surface area contributed by atoms with Gasteiger partial charge in [0.2, 0.25) is 0 Å². The molecule has 3 nitrogen and oxygen atoms in total. The fourth-order valence-corrected chi connectivity index (χ4v) is 16.3. The van der Waals surface area contributed by atoms with Gasteiger partial charge in [-0.15, -0.1) is 0 Å². The zero-order chi connectivity index (χ0) is 76.5. The van der Waals surface area contributed by atoms with Crippen molar-refractivity contribution < 1.29 is 0 Å². The first kappa shape index (κ1) is 73.8. The van der Waals surface area contributed by atoms with Gasteiger partial charge >= 0.3 is 0 Å². The summed E-state index contributed by atoms with van der Waals surface area (Å²) >= 11 is 0. The zero-order valence-corrected chi connectivity index (χ0v) is 69.1. The Labute approximate surface area is 637 Å². The van der Waals surface area contributed by atoms with Gasteiger partial charge in [0.05, 0.1) is 22.4 Å². The van der Waals surface area contributed by atoms with Crippen molar-refractivity contribution in [3.8, 4) is 50.2 Å². The van der Waals surface area contributed by atoms with Gasteiger partial charge in [-0.2, -0.15) is 0 Å². The molecule has 0 bridgehead atoms. The minimum atomic E-state index is -0.261. The SMILES string of the molecule is CC(C)(C)c1cc(-c2cc3c4c(c2)N(c2ccc(C(C)(C)C)cc2-c2cc(C(C)(C)C)cc(C(C)(C)C)c2)c2cc(C(C)(C)C)c(-c5ccccc5)cc2B4c2ccc(-n4c5ccccc5c5ccccc54)cc2N3c2ccc(C(C)(C)C)cc2-c2cc(C(C)(C)C)cc(C(C)(C)C)c2)cc(C(C)(C)C)c1. The third kappa shape index (κ3) is 13.4. The van der Waals surface area contributed by atoms with E-state index < -0.39 is 0 Å². The Bertz CT molecular complexity index is 5320. The number of rotatable bonds is 7. The van der Waals surface area contributed by atoms with Gasteiger partial charge in [0.1, 0.15) is 0 Å².